The number of benzene rings is 1. The second-order valence-electron chi connectivity index (χ2n) is 4.07. The fraction of sp³-hybridized carbons (Fsp3) is 0.400. The Balaban J connectivity index is 0.000000980. The van der Waals surface area contributed by atoms with Crippen molar-refractivity contribution in [2.75, 3.05) is 5.73 Å². The molecule has 0 amide bonds. The predicted molar refractivity (Wildman–Crippen MR) is 54.5 cm³/mol. The Hall–Kier alpha value is -0.316. The Morgan fingerprint density at radius 3 is 2.60 bits per heavy atom. The molecule has 0 saturated heterocycles. The molecule has 2 rings (SSSR count). The van der Waals surface area contributed by atoms with E-state index in [1.165, 1.54) is 6.07 Å². The smallest absolute Gasteiger partial charge is 0.165 e. The molecule has 81 valence electrons. The average Bonchev–Trinajstić information content (AvgIpc) is 2.23. The fourth-order valence-corrected chi connectivity index (χ4v) is 1.72. The molecule has 0 saturated carbocycles. The van der Waals surface area contributed by atoms with E-state index in [1.54, 1.807) is 0 Å². The Bertz CT molecular complexity index is 366. The molecule has 5 heteroatoms. The summed E-state index contributed by atoms with van der Waals surface area (Å²) in [6, 6.07) is 3.37. The third-order valence-electron chi connectivity index (χ3n) is 2.16. The monoisotopic (exact) mass is 286 g/mol. The summed E-state index contributed by atoms with van der Waals surface area (Å²) in [5.41, 5.74) is 6.95. The van der Waals surface area contributed by atoms with Gasteiger partial charge in [0.2, 0.25) is 0 Å². The van der Waals surface area contributed by atoms with Gasteiger partial charge in [0.1, 0.15) is 5.60 Å². The number of aromatic hydroxyl groups is 1. The largest absolute Gasteiger partial charge is 0.504 e. The molecule has 0 unspecified atom stereocenters. The Kier molecular flexibility index (Phi) is 4.58. The van der Waals surface area contributed by atoms with Crippen molar-refractivity contribution in [3.63, 3.8) is 0 Å². The first-order valence-corrected chi connectivity index (χ1v) is 4.28. The van der Waals surface area contributed by atoms with Crippen molar-refractivity contribution in [3.8, 4) is 11.5 Å². The molecule has 4 nitrogen and oxygen atoms in total. The maximum Gasteiger partial charge on any atom is 0.165 e. The van der Waals surface area contributed by atoms with Crippen LogP contribution in [-0.2, 0) is 39.1 Å². The molecular formula is C10H15NO3Y. The van der Waals surface area contributed by atoms with E-state index < -0.39 is 0 Å². The van der Waals surface area contributed by atoms with Crippen LogP contribution in [0.3, 0.4) is 0 Å². The van der Waals surface area contributed by atoms with Gasteiger partial charge in [-0.3, -0.25) is 0 Å². The van der Waals surface area contributed by atoms with Gasteiger partial charge in [0.25, 0.3) is 0 Å². The van der Waals surface area contributed by atoms with E-state index in [9.17, 15) is 5.11 Å². The molecule has 0 fully saturated rings. The summed E-state index contributed by atoms with van der Waals surface area (Å²) in [6.45, 7) is 3.98. The standard InChI is InChI=1S/C10H13NO2.H2O.Y/c1-10(2)5-6-3-7(11)4-8(12)9(6)13-10;;/h3-4,12H,5,11H2,1-2H3;1H2;. The predicted octanol–water partition coefficient (Wildman–Crippen LogP) is 0.861. The molecule has 5 N–H and O–H groups in total. The molecule has 1 heterocycles. The number of hydrogen-bond donors (Lipinski definition) is 2. The summed E-state index contributed by atoms with van der Waals surface area (Å²) >= 11 is 0. The molecule has 1 aliphatic heterocycles. The molecular weight excluding hydrogens is 271 g/mol. The van der Waals surface area contributed by atoms with Gasteiger partial charge in [0.15, 0.2) is 11.5 Å². The van der Waals surface area contributed by atoms with E-state index in [4.69, 9.17) is 10.5 Å². The summed E-state index contributed by atoms with van der Waals surface area (Å²) < 4.78 is 5.57. The third kappa shape index (κ3) is 2.83. The van der Waals surface area contributed by atoms with E-state index in [1.807, 2.05) is 19.9 Å². The minimum atomic E-state index is -0.229. The minimum absolute atomic E-state index is 0. The van der Waals surface area contributed by atoms with Gasteiger partial charge in [-0.05, 0) is 19.9 Å². The van der Waals surface area contributed by atoms with Crippen molar-refractivity contribution in [1.82, 2.24) is 0 Å². The number of ether oxygens (including phenoxy) is 1. The zero-order valence-electron chi connectivity index (χ0n) is 8.87. The van der Waals surface area contributed by atoms with Crippen LogP contribution in [0, 0.1) is 0 Å². The van der Waals surface area contributed by atoms with Gasteiger partial charge >= 0.3 is 0 Å². The normalized spacial score (nSPS) is 15.6. The maximum atomic E-state index is 9.54. The van der Waals surface area contributed by atoms with Crippen LogP contribution in [0.5, 0.6) is 11.5 Å². The minimum Gasteiger partial charge on any atom is -0.504 e. The van der Waals surface area contributed by atoms with Crippen LogP contribution in [0.4, 0.5) is 5.69 Å². The number of phenolic OH excluding ortho intramolecular Hbond substituents is 1. The van der Waals surface area contributed by atoms with Gasteiger partial charge in [-0.25, -0.2) is 0 Å². The van der Waals surface area contributed by atoms with Crippen molar-refractivity contribution < 1.29 is 48.0 Å². The molecule has 0 aromatic heterocycles. The van der Waals surface area contributed by atoms with Crippen molar-refractivity contribution in [1.29, 1.82) is 0 Å². The first kappa shape index (κ1) is 14.7. The number of nitrogen functional groups attached to an aromatic ring is 1. The molecule has 1 aromatic carbocycles. The SMILES string of the molecule is CC1(C)Cc2cc(N)cc(O)c2O1.O.[Y]. The van der Waals surface area contributed by atoms with E-state index in [-0.39, 0.29) is 49.5 Å². The number of phenols is 1. The molecule has 0 spiro atoms. The van der Waals surface area contributed by atoms with E-state index in [0.717, 1.165) is 12.0 Å². The summed E-state index contributed by atoms with van der Waals surface area (Å²) in [4.78, 5) is 0. The van der Waals surface area contributed by atoms with Crippen LogP contribution >= 0.6 is 0 Å². The van der Waals surface area contributed by atoms with Crippen molar-refractivity contribution in [2.45, 2.75) is 25.9 Å². The fourth-order valence-electron chi connectivity index (χ4n) is 1.72. The van der Waals surface area contributed by atoms with Crippen LogP contribution in [0.15, 0.2) is 12.1 Å². The molecule has 0 bridgehead atoms. The number of nitrogens with two attached hydrogens (primary N) is 1. The Labute approximate surface area is 114 Å². The zero-order valence-corrected chi connectivity index (χ0v) is 11.7. The van der Waals surface area contributed by atoms with Gasteiger partial charge in [-0.1, -0.05) is 0 Å². The number of fused-ring (bicyclic) bond motifs is 1. The Morgan fingerprint density at radius 2 is 2.00 bits per heavy atom. The second kappa shape index (κ2) is 4.68. The average molecular weight is 286 g/mol. The van der Waals surface area contributed by atoms with Crippen molar-refractivity contribution in [2.24, 2.45) is 0 Å². The van der Waals surface area contributed by atoms with Crippen molar-refractivity contribution >= 4 is 5.69 Å². The van der Waals surface area contributed by atoms with E-state index in [0.29, 0.717) is 11.4 Å². The molecule has 1 aliphatic rings. The van der Waals surface area contributed by atoms with E-state index in [2.05, 4.69) is 0 Å². The summed E-state index contributed by atoms with van der Waals surface area (Å²) in [6.07, 6.45) is 0.793. The Morgan fingerprint density at radius 1 is 1.40 bits per heavy atom. The van der Waals surface area contributed by atoms with Crippen LogP contribution in [0.2, 0.25) is 0 Å². The summed E-state index contributed by atoms with van der Waals surface area (Å²) in [5.74, 6) is 0.722. The van der Waals surface area contributed by atoms with Gasteiger partial charge in [0, 0.05) is 56.4 Å². The zero-order chi connectivity index (χ0) is 9.64. The van der Waals surface area contributed by atoms with Gasteiger partial charge in [-0.15, -0.1) is 0 Å². The quantitative estimate of drug-likeness (QED) is 0.693. The molecule has 0 atom stereocenters. The van der Waals surface area contributed by atoms with E-state index >= 15 is 0 Å². The summed E-state index contributed by atoms with van der Waals surface area (Å²) in [7, 11) is 0. The third-order valence-corrected chi connectivity index (χ3v) is 2.16. The molecule has 0 aliphatic carbocycles. The van der Waals surface area contributed by atoms with Gasteiger partial charge < -0.3 is 21.1 Å². The number of anilines is 1. The number of rotatable bonds is 0. The van der Waals surface area contributed by atoms with Crippen molar-refractivity contribution in [3.05, 3.63) is 17.7 Å². The van der Waals surface area contributed by atoms with Gasteiger partial charge in [-0.2, -0.15) is 0 Å². The second-order valence-corrected chi connectivity index (χ2v) is 4.07. The van der Waals surface area contributed by atoms with Crippen LogP contribution in [0.1, 0.15) is 19.4 Å². The number of hydrogen-bond acceptors (Lipinski definition) is 3. The van der Waals surface area contributed by atoms with Crippen LogP contribution in [-0.4, -0.2) is 16.2 Å². The first-order chi connectivity index (χ1) is 5.98. The molecule has 1 radical (unpaired) electrons. The van der Waals surface area contributed by atoms with Crippen LogP contribution in [0.25, 0.3) is 0 Å². The summed E-state index contributed by atoms with van der Waals surface area (Å²) in [5, 5.41) is 9.54. The van der Waals surface area contributed by atoms with Crippen LogP contribution < -0.4 is 10.5 Å². The topological polar surface area (TPSA) is 87.0 Å². The molecule has 15 heavy (non-hydrogen) atoms. The first-order valence-electron chi connectivity index (χ1n) is 4.28. The maximum absolute atomic E-state index is 9.54. The molecule has 1 aromatic rings. The van der Waals surface area contributed by atoms with Gasteiger partial charge in [0.05, 0.1) is 0 Å².